The molecule has 0 amide bonds. The number of aryl methyl sites for hydroxylation is 1. The Kier molecular flexibility index (Phi) is 5.62. The molecule has 1 unspecified atom stereocenters. The van der Waals surface area contributed by atoms with Crippen LogP contribution in [0.5, 0.6) is 0 Å². The Hall–Kier alpha value is -1.32. The van der Waals surface area contributed by atoms with Gasteiger partial charge < -0.3 is 5.73 Å². The van der Waals surface area contributed by atoms with Crippen molar-refractivity contribution in [2.75, 3.05) is 11.5 Å². The molecule has 0 bridgehead atoms. The normalized spacial score (nSPS) is 12.2. The highest BCUT2D eigenvalue weighted by Crippen LogP contribution is 2.22. The Balaban J connectivity index is 1.79. The molecule has 0 saturated carbocycles. The fourth-order valence-electron chi connectivity index (χ4n) is 1.97. The number of halogens is 1. The monoisotopic (exact) mass is 307 g/mol. The van der Waals surface area contributed by atoms with Gasteiger partial charge in [-0.3, -0.25) is 4.21 Å². The fourth-order valence-corrected chi connectivity index (χ4v) is 3.39. The van der Waals surface area contributed by atoms with Crippen molar-refractivity contribution in [3.63, 3.8) is 0 Å². The lowest BCUT2D eigenvalue weighted by molar-refractivity contribution is 0.677. The van der Waals surface area contributed by atoms with Crippen molar-refractivity contribution in [1.29, 1.82) is 0 Å². The average molecular weight is 308 g/mol. The van der Waals surface area contributed by atoms with Gasteiger partial charge in [0.2, 0.25) is 0 Å². The van der Waals surface area contributed by atoms with Crippen LogP contribution in [0, 0.1) is 0 Å². The summed E-state index contributed by atoms with van der Waals surface area (Å²) < 4.78 is 12.1. The summed E-state index contributed by atoms with van der Waals surface area (Å²) in [5, 5.41) is 0.472. The third-order valence-electron chi connectivity index (χ3n) is 3.12. The molecule has 2 aromatic rings. The quantitative estimate of drug-likeness (QED) is 0.646. The van der Waals surface area contributed by atoms with E-state index < -0.39 is 10.8 Å². The molecule has 0 spiro atoms. The molecule has 2 rings (SSSR count). The highest BCUT2D eigenvalue weighted by atomic mass is 35.5. The molecule has 0 aliphatic heterocycles. The number of hydrogen-bond donors (Lipinski definition) is 1. The maximum atomic E-state index is 12.1. The Morgan fingerprint density at radius 3 is 2.50 bits per heavy atom. The van der Waals surface area contributed by atoms with Crippen molar-refractivity contribution in [3.8, 4) is 0 Å². The Morgan fingerprint density at radius 1 is 1.05 bits per heavy atom. The van der Waals surface area contributed by atoms with Gasteiger partial charge in [-0.05, 0) is 43.0 Å². The zero-order valence-electron chi connectivity index (χ0n) is 11.2. The van der Waals surface area contributed by atoms with Crippen LogP contribution < -0.4 is 5.73 Å². The van der Waals surface area contributed by atoms with Crippen LogP contribution in [0.25, 0.3) is 0 Å². The molecule has 2 nitrogen and oxygen atoms in total. The molecule has 106 valence electrons. The lowest BCUT2D eigenvalue weighted by Gasteiger charge is -2.05. The molecule has 0 radical (unpaired) electrons. The number of nitrogens with two attached hydrogens (primary N) is 1. The van der Waals surface area contributed by atoms with E-state index in [0.717, 1.165) is 24.2 Å². The topological polar surface area (TPSA) is 43.1 Å². The fraction of sp³-hybridized carbons (Fsp3) is 0.250. The molecule has 1 atom stereocenters. The molecule has 0 fully saturated rings. The van der Waals surface area contributed by atoms with Gasteiger partial charge in [0.05, 0.1) is 21.5 Å². The smallest absolute Gasteiger partial charge is 0.0647 e. The molecule has 20 heavy (non-hydrogen) atoms. The van der Waals surface area contributed by atoms with Crippen molar-refractivity contribution in [2.24, 2.45) is 0 Å². The lowest BCUT2D eigenvalue weighted by atomic mass is 10.1. The number of rotatable bonds is 6. The predicted octanol–water partition coefficient (Wildman–Crippen LogP) is 4.05. The molecular weight excluding hydrogens is 290 g/mol. The van der Waals surface area contributed by atoms with Crippen LogP contribution in [0.4, 0.5) is 5.69 Å². The number of benzene rings is 2. The summed E-state index contributed by atoms with van der Waals surface area (Å²) in [6.07, 6.45) is 3.00. The number of hydrogen-bond acceptors (Lipinski definition) is 2. The van der Waals surface area contributed by atoms with E-state index in [9.17, 15) is 4.21 Å². The van der Waals surface area contributed by atoms with Crippen LogP contribution in [-0.2, 0) is 17.2 Å². The van der Waals surface area contributed by atoms with Gasteiger partial charge in [0, 0.05) is 10.6 Å². The van der Waals surface area contributed by atoms with Crippen molar-refractivity contribution in [1.82, 2.24) is 0 Å². The summed E-state index contributed by atoms with van der Waals surface area (Å²) >= 11 is 5.94. The first-order valence-electron chi connectivity index (χ1n) is 6.64. The number of anilines is 1. The van der Waals surface area contributed by atoms with Crippen LogP contribution in [0.3, 0.4) is 0 Å². The van der Waals surface area contributed by atoms with E-state index in [1.165, 1.54) is 5.56 Å². The summed E-state index contributed by atoms with van der Waals surface area (Å²) in [6, 6.07) is 15.5. The molecule has 4 heteroatoms. The van der Waals surface area contributed by atoms with Gasteiger partial charge in [-0.15, -0.1) is 0 Å². The Labute approximate surface area is 127 Å². The molecule has 2 N–H and O–H groups in total. The van der Waals surface area contributed by atoms with Crippen LogP contribution in [0.1, 0.15) is 18.4 Å². The van der Waals surface area contributed by atoms with E-state index in [1.54, 1.807) is 18.2 Å². The van der Waals surface area contributed by atoms with E-state index in [1.807, 2.05) is 18.2 Å². The summed E-state index contributed by atoms with van der Waals surface area (Å²) in [5.74, 6) is 0.660. The van der Waals surface area contributed by atoms with Crippen molar-refractivity contribution < 1.29 is 4.21 Å². The number of unbranched alkanes of at least 4 members (excludes halogenated alkanes) is 1. The second kappa shape index (κ2) is 7.46. The lowest BCUT2D eigenvalue weighted by Crippen LogP contribution is -2.00. The first kappa shape index (κ1) is 15.1. The highest BCUT2D eigenvalue weighted by Gasteiger charge is 2.06. The largest absolute Gasteiger partial charge is 0.398 e. The molecule has 2 aromatic carbocycles. The van der Waals surface area contributed by atoms with Crippen molar-refractivity contribution in [2.45, 2.75) is 24.2 Å². The second-order valence-corrected chi connectivity index (χ2v) is 6.65. The molecular formula is C16H18ClNOS. The average Bonchev–Trinajstić information content (AvgIpc) is 2.47. The van der Waals surface area contributed by atoms with E-state index in [0.29, 0.717) is 16.5 Å². The van der Waals surface area contributed by atoms with Gasteiger partial charge >= 0.3 is 0 Å². The zero-order chi connectivity index (χ0) is 14.4. The highest BCUT2D eigenvalue weighted by molar-refractivity contribution is 7.85. The number of nitrogen functional groups attached to an aromatic ring is 1. The van der Waals surface area contributed by atoms with Gasteiger partial charge in [-0.2, -0.15) is 0 Å². The van der Waals surface area contributed by atoms with Gasteiger partial charge in [0.25, 0.3) is 0 Å². The molecule has 0 aliphatic carbocycles. The Bertz CT molecular complexity index is 586. The molecule has 0 aromatic heterocycles. The minimum atomic E-state index is -1.000. The summed E-state index contributed by atoms with van der Waals surface area (Å²) in [6.45, 7) is 0. The van der Waals surface area contributed by atoms with Crippen LogP contribution in [0.2, 0.25) is 5.02 Å². The molecule has 0 heterocycles. The standard InChI is InChI=1S/C16H18ClNOS/c17-15-12-14(9-10-16(15)18)20(19)11-5-4-8-13-6-2-1-3-7-13/h1-3,6-7,9-10,12H,4-5,8,11,18H2. The third-order valence-corrected chi connectivity index (χ3v) is 4.89. The van der Waals surface area contributed by atoms with E-state index in [2.05, 4.69) is 12.1 Å². The third kappa shape index (κ3) is 4.36. The van der Waals surface area contributed by atoms with E-state index >= 15 is 0 Å². The first-order valence-corrected chi connectivity index (χ1v) is 8.34. The second-order valence-electron chi connectivity index (χ2n) is 4.68. The predicted molar refractivity (Wildman–Crippen MR) is 86.5 cm³/mol. The van der Waals surface area contributed by atoms with Crippen LogP contribution in [0.15, 0.2) is 53.4 Å². The van der Waals surface area contributed by atoms with Crippen LogP contribution >= 0.6 is 11.6 Å². The van der Waals surface area contributed by atoms with Gasteiger partial charge in [0.1, 0.15) is 0 Å². The Morgan fingerprint density at radius 2 is 1.80 bits per heavy atom. The minimum absolute atomic E-state index is 0.472. The maximum Gasteiger partial charge on any atom is 0.0647 e. The van der Waals surface area contributed by atoms with Gasteiger partial charge in [-0.25, -0.2) is 0 Å². The van der Waals surface area contributed by atoms with Crippen LogP contribution in [-0.4, -0.2) is 9.96 Å². The summed E-state index contributed by atoms with van der Waals surface area (Å²) in [5.41, 5.74) is 7.50. The van der Waals surface area contributed by atoms with Gasteiger partial charge in [0.15, 0.2) is 0 Å². The van der Waals surface area contributed by atoms with E-state index in [-0.39, 0.29) is 0 Å². The maximum absolute atomic E-state index is 12.1. The molecule has 0 saturated heterocycles. The van der Waals surface area contributed by atoms with Crippen molar-refractivity contribution in [3.05, 3.63) is 59.1 Å². The SMILES string of the molecule is Nc1ccc(S(=O)CCCCc2ccccc2)cc1Cl. The molecule has 0 aliphatic rings. The van der Waals surface area contributed by atoms with E-state index in [4.69, 9.17) is 17.3 Å². The van der Waals surface area contributed by atoms with Crippen molar-refractivity contribution >= 4 is 28.1 Å². The van der Waals surface area contributed by atoms with Gasteiger partial charge in [-0.1, -0.05) is 41.9 Å². The summed E-state index contributed by atoms with van der Waals surface area (Å²) in [7, 11) is -1.000. The summed E-state index contributed by atoms with van der Waals surface area (Å²) in [4.78, 5) is 0.754. The first-order chi connectivity index (χ1) is 9.66. The minimum Gasteiger partial charge on any atom is -0.398 e. The zero-order valence-corrected chi connectivity index (χ0v) is 12.8.